The van der Waals surface area contributed by atoms with Crippen molar-refractivity contribution >= 4 is 17.1 Å². The third-order valence-electron chi connectivity index (χ3n) is 5.53. The molecule has 0 aromatic heterocycles. The fraction of sp³-hybridized carbons (Fsp3) is 0.857. The molecule has 1 heterocycles. The highest BCUT2D eigenvalue weighted by molar-refractivity contribution is 7.92. The molecule has 0 saturated carbocycles. The molecule has 0 amide bonds. The van der Waals surface area contributed by atoms with Gasteiger partial charge in [0.1, 0.15) is 17.1 Å². The van der Waals surface area contributed by atoms with Crippen LogP contribution in [-0.2, 0) is 16.0 Å². The van der Waals surface area contributed by atoms with Crippen molar-refractivity contribution in [3.05, 3.63) is 11.8 Å². The molecule has 1 fully saturated rings. The first-order valence-corrected chi connectivity index (χ1v) is 11.7. The second kappa shape index (κ2) is 12.0. The van der Waals surface area contributed by atoms with Crippen LogP contribution < -0.4 is 0 Å². The van der Waals surface area contributed by atoms with Crippen molar-refractivity contribution in [1.29, 1.82) is 0 Å². The lowest BCUT2D eigenvalue weighted by atomic mass is 9.82. The summed E-state index contributed by atoms with van der Waals surface area (Å²) in [6, 6.07) is 0. The Labute approximate surface area is 167 Å². The van der Waals surface area contributed by atoms with Gasteiger partial charge < -0.3 is 19.9 Å². The summed E-state index contributed by atoms with van der Waals surface area (Å²) in [5.74, 6) is -0.793. The molecular weight excluding hydrogens is 364 g/mol. The number of carboxylic acid groups (broad SMARTS) is 1. The number of allylic oxidation sites excluding steroid dienone is 1. The number of aliphatic hydroxyl groups excluding tert-OH is 2. The second-order valence-electron chi connectivity index (χ2n) is 8.63. The zero-order valence-corrected chi connectivity index (χ0v) is 18.0. The Bertz CT molecular complexity index is 477. The number of hydrogen-bond donors (Lipinski definition) is 3. The third kappa shape index (κ3) is 8.88. The van der Waals surface area contributed by atoms with Gasteiger partial charge in [-0.2, -0.15) is 0 Å². The quantitative estimate of drug-likeness (QED) is 0.238. The van der Waals surface area contributed by atoms with E-state index >= 15 is 0 Å². The Morgan fingerprint density at radius 2 is 1.85 bits per heavy atom. The summed E-state index contributed by atoms with van der Waals surface area (Å²) in [5.41, 5.74) is 0.104. The Kier molecular flexibility index (Phi) is 10.8. The van der Waals surface area contributed by atoms with Gasteiger partial charge in [-0.1, -0.05) is 46.5 Å². The van der Waals surface area contributed by atoms with Crippen LogP contribution >= 0.6 is 0 Å². The molecule has 0 aliphatic carbocycles. The molecule has 1 saturated heterocycles. The average molecular weight is 403 g/mol. The average Bonchev–Trinajstić information content (AvgIpc) is 2.87. The first-order chi connectivity index (χ1) is 12.7. The predicted octanol–water partition coefficient (Wildman–Crippen LogP) is 4.57. The van der Waals surface area contributed by atoms with Crippen molar-refractivity contribution in [3.8, 4) is 0 Å². The van der Waals surface area contributed by atoms with Crippen molar-refractivity contribution in [3.63, 3.8) is 0 Å². The van der Waals surface area contributed by atoms with Crippen molar-refractivity contribution in [2.75, 3.05) is 5.75 Å². The van der Waals surface area contributed by atoms with Crippen LogP contribution in [0.4, 0.5) is 0 Å². The highest BCUT2D eigenvalue weighted by Crippen LogP contribution is 2.37. The molecule has 3 N–H and O–H groups in total. The molecular formula is C21H38O5S. The summed E-state index contributed by atoms with van der Waals surface area (Å²) >= 11 is -1.13. The molecule has 0 aromatic carbocycles. The molecule has 0 spiro atoms. The number of aliphatic carboxylic acids is 1. The molecule has 0 bridgehead atoms. The highest BCUT2D eigenvalue weighted by Gasteiger charge is 2.47. The molecule has 1 aliphatic rings. The van der Waals surface area contributed by atoms with Crippen LogP contribution in [0.25, 0.3) is 0 Å². The first-order valence-electron chi connectivity index (χ1n) is 10.3. The Hall–Kier alpha value is -0.720. The number of unbranched alkanes of at least 4 members (excludes halogenated alkanes) is 4. The molecule has 0 radical (unpaired) electrons. The van der Waals surface area contributed by atoms with E-state index in [2.05, 4.69) is 20.8 Å². The first kappa shape index (κ1) is 24.3. The van der Waals surface area contributed by atoms with Gasteiger partial charge in [-0.15, -0.1) is 0 Å². The lowest BCUT2D eigenvalue weighted by molar-refractivity contribution is -0.137. The lowest BCUT2D eigenvalue weighted by Gasteiger charge is -2.24. The SMILES string of the molecule is CCCCC(C)(C)CC=C(O)[C@H]1[C@@H](O)C[S@+]([O-])[C@H]1CCCCCCC(=O)O. The van der Waals surface area contributed by atoms with Crippen molar-refractivity contribution in [2.24, 2.45) is 11.3 Å². The minimum atomic E-state index is -1.13. The van der Waals surface area contributed by atoms with E-state index in [0.717, 1.165) is 44.9 Å². The molecule has 1 rings (SSSR count). The Morgan fingerprint density at radius 1 is 1.19 bits per heavy atom. The van der Waals surface area contributed by atoms with Crippen LogP contribution in [0.15, 0.2) is 11.8 Å². The summed E-state index contributed by atoms with van der Waals surface area (Å²) < 4.78 is 12.4. The summed E-state index contributed by atoms with van der Waals surface area (Å²) in [7, 11) is 0. The molecule has 4 atom stereocenters. The van der Waals surface area contributed by atoms with E-state index in [0.29, 0.717) is 12.8 Å². The van der Waals surface area contributed by atoms with Crippen LogP contribution in [0.1, 0.15) is 85.0 Å². The van der Waals surface area contributed by atoms with Gasteiger partial charge in [-0.05, 0) is 54.8 Å². The maximum atomic E-state index is 12.4. The van der Waals surface area contributed by atoms with Gasteiger partial charge in [0, 0.05) is 6.42 Å². The fourth-order valence-electron chi connectivity index (χ4n) is 3.76. The van der Waals surface area contributed by atoms with Gasteiger partial charge in [0.25, 0.3) is 0 Å². The van der Waals surface area contributed by atoms with Crippen LogP contribution in [0.3, 0.4) is 0 Å². The normalized spacial score (nSPS) is 26.5. The van der Waals surface area contributed by atoms with Gasteiger partial charge >= 0.3 is 5.97 Å². The molecule has 158 valence electrons. The van der Waals surface area contributed by atoms with Crippen LogP contribution in [0.2, 0.25) is 0 Å². The maximum absolute atomic E-state index is 12.4. The van der Waals surface area contributed by atoms with Gasteiger partial charge in [-0.3, -0.25) is 4.79 Å². The van der Waals surface area contributed by atoms with E-state index in [9.17, 15) is 19.6 Å². The molecule has 1 aliphatic heterocycles. The molecule has 0 unspecified atom stereocenters. The van der Waals surface area contributed by atoms with E-state index in [1.807, 2.05) is 6.08 Å². The topological polar surface area (TPSA) is 101 Å². The van der Waals surface area contributed by atoms with Gasteiger partial charge in [-0.25, -0.2) is 0 Å². The summed E-state index contributed by atoms with van der Waals surface area (Å²) in [6.07, 6.45) is 9.32. The summed E-state index contributed by atoms with van der Waals surface area (Å²) in [6.45, 7) is 6.54. The van der Waals surface area contributed by atoms with E-state index in [-0.39, 0.29) is 28.6 Å². The highest BCUT2D eigenvalue weighted by atomic mass is 32.2. The largest absolute Gasteiger partial charge is 0.616 e. The van der Waals surface area contributed by atoms with Crippen LogP contribution in [0, 0.1) is 11.3 Å². The van der Waals surface area contributed by atoms with Gasteiger partial charge in [0.15, 0.2) is 0 Å². The zero-order chi connectivity index (χ0) is 20.4. The van der Waals surface area contributed by atoms with Gasteiger partial charge in [0.05, 0.1) is 11.7 Å². The Morgan fingerprint density at radius 3 is 2.48 bits per heavy atom. The van der Waals surface area contributed by atoms with E-state index in [1.165, 1.54) is 0 Å². The number of aliphatic hydroxyl groups is 2. The van der Waals surface area contributed by atoms with Crippen molar-refractivity contribution in [2.45, 2.75) is 96.3 Å². The van der Waals surface area contributed by atoms with Gasteiger partial charge in [0.2, 0.25) is 0 Å². The lowest BCUT2D eigenvalue weighted by Crippen LogP contribution is -2.28. The molecule has 0 aromatic rings. The fourth-order valence-corrected chi connectivity index (χ4v) is 5.62. The number of carbonyl (C=O) groups is 1. The maximum Gasteiger partial charge on any atom is 0.303 e. The van der Waals surface area contributed by atoms with Crippen LogP contribution in [0.5, 0.6) is 0 Å². The monoisotopic (exact) mass is 402 g/mol. The molecule has 6 heteroatoms. The molecule has 27 heavy (non-hydrogen) atoms. The second-order valence-corrected chi connectivity index (χ2v) is 10.3. The number of hydrogen-bond acceptors (Lipinski definition) is 4. The van der Waals surface area contributed by atoms with E-state index in [1.54, 1.807) is 0 Å². The predicted molar refractivity (Wildman–Crippen MR) is 110 cm³/mol. The number of carboxylic acids is 1. The summed E-state index contributed by atoms with van der Waals surface area (Å²) in [4.78, 5) is 10.5. The van der Waals surface area contributed by atoms with Crippen LogP contribution in [-0.4, -0.2) is 42.9 Å². The van der Waals surface area contributed by atoms with Crippen molar-refractivity contribution in [1.82, 2.24) is 0 Å². The van der Waals surface area contributed by atoms with Crippen molar-refractivity contribution < 1.29 is 24.7 Å². The zero-order valence-electron chi connectivity index (χ0n) is 17.2. The summed E-state index contributed by atoms with van der Waals surface area (Å²) in [5, 5.41) is 29.4. The number of rotatable bonds is 13. The minimum Gasteiger partial charge on any atom is -0.616 e. The minimum absolute atomic E-state index is 0.104. The van der Waals surface area contributed by atoms with E-state index < -0.39 is 29.2 Å². The Balaban J connectivity index is 2.56. The smallest absolute Gasteiger partial charge is 0.303 e. The molecule has 5 nitrogen and oxygen atoms in total. The standard InChI is InChI=1S/C21H38O5S/c1-4-5-13-21(2,3)14-12-16(22)20-17(23)15-27(26)18(20)10-8-6-7-9-11-19(24)25/h12,17-18,20,22-23H,4-11,13-15H2,1-3H3,(H,24,25)/t17-,18-,20-,27-/m0/s1. The van der Waals surface area contributed by atoms with E-state index in [4.69, 9.17) is 5.11 Å². The third-order valence-corrected chi connectivity index (χ3v) is 7.40.